The van der Waals surface area contributed by atoms with Crippen molar-refractivity contribution in [3.05, 3.63) is 47.3 Å². The number of anilines is 1. The van der Waals surface area contributed by atoms with Gasteiger partial charge in [0.05, 0.1) is 0 Å². The van der Waals surface area contributed by atoms with Crippen molar-refractivity contribution in [2.75, 3.05) is 4.90 Å². The maximum absolute atomic E-state index is 12.7. The third-order valence-electron chi connectivity index (χ3n) is 3.98. The Bertz CT molecular complexity index is 711. The first-order valence-corrected chi connectivity index (χ1v) is 7.20. The molecule has 0 unspecified atom stereocenters. The van der Waals surface area contributed by atoms with Crippen LogP contribution in [0.1, 0.15) is 30.3 Å². The standard InChI is InChI=1S/C16H17F2N3O/c1-10-8-13(16(17)18)19-20(10)9-15(22)21-11(2)7-12-5-3-4-6-14(12)21/h3-6,8,11,16H,7,9H2,1-2H3/t11-/m0/s1. The van der Waals surface area contributed by atoms with E-state index in [2.05, 4.69) is 5.10 Å². The Labute approximate surface area is 127 Å². The van der Waals surface area contributed by atoms with Gasteiger partial charge in [-0.05, 0) is 38.0 Å². The van der Waals surface area contributed by atoms with E-state index in [1.165, 1.54) is 10.7 Å². The summed E-state index contributed by atoms with van der Waals surface area (Å²) >= 11 is 0. The van der Waals surface area contributed by atoms with Crippen LogP contribution in [0.5, 0.6) is 0 Å². The first-order valence-electron chi connectivity index (χ1n) is 7.20. The molecule has 3 rings (SSSR count). The largest absolute Gasteiger partial charge is 0.307 e. The highest BCUT2D eigenvalue weighted by Gasteiger charge is 2.31. The first kappa shape index (κ1) is 14.7. The maximum atomic E-state index is 12.7. The van der Waals surface area contributed by atoms with Gasteiger partial charge in [0.15, 0.2) is 0 Å². The fourth-order valence-corrected chi connectivity index (χ4v) is 2.95. The number of para-hydroxylation sites is 1. The number of aromatic nitrogens is 2. The Kier molecular flexibility index (Phi) is 3.68. The fraction of sp³-hybridized carbons (Fsp3) is 0.375. The number of alkyl halides is 2. The number of nitrogens with zero attached hydrogens (tertiary/aromatic N) is 3. The summed E-state index contributed by atoms with van der Waals surface area (Å²) in [5, 5.41) is 3.82. The van der Waals surface area contributed by atoms with E-state index in [-0.39, 0.29) is 24.2 Å². The topological polar surface area (TPSA) is 38.1 Å². The summed E-state index contributed by atoms with van der Waals surface area (Å²) in [5.41, 5.74) is 2.30. The van der Waals surface area contributed by atoms with E-state index >= 15 is 0 Å². The molecule has 1 atom stereocenters. The normalized spacial score (nSPS) is 17.1. The van der Waals surface area contributed by atoms with Crippen LogP contribution in [0.4, 0.5) is 14.5 Å². The summed E-state index contributed by atoms with van der Waals surface area (Å²) < 4.78 is 26.7. The van der Waals surface area contributed by atoms with E-state index in [9.17, 15) is 13.6 Å². The number of carbonyl (C=O) groups is 1. The van der Waals surface area contributed by atoms with E-state index in [1.807, 2.05) is 31.2 Å². The van der Waals surface area contributed by atoms with E-state index in [0.717, 1.165) is 17.7 Å². The molecule has 0 aliphatic carbocycles. The van der Waals surface area contributed by atoms with E-state index < -0.39 is 6.43 Å². The molecule has 0 N–H and O–H groups in total. The zero-order valence-corrected chi connectivity index (χ0v) is 12.5. The molecule has 2 heterocycles. The highest BCUT2D eigenvalue weighted by atomic mass is 19.3. The van der Waals surface area contributed by atoms with Crippen molar-refractivity contribution in [1.29, 1.82) is 0 Å². The first-order chi connectivity index (χ1) is 10.5. The number of benzene rings is 1. The van der Waals surface area contributed by atoms with Crippen LogP contribution in [0.25, 0.3) is 0 Å². The molecule has 0 saturated heterocycles. The summed E-state index contributed by atoms with van der Waals surface area (Å²) in [5.74, 6) is -0.135. The van der Waals surface area contributed by atoms with Crippen LogP contribution in [-0.4, -0.2) is 21.7 Å². The monoisotopic (exact) mass is 305 g/mol. The van der Waals surface area contributed by atoms with Gasteiger partial charge >= 0.3 is 0 Å². The lowest BCUT2D eigenvalue weighted by Crippen LogP contribution is -2.38. The van der Waals surface area contributed by atoms with Crippen molar-refractivity contribution in [3.63, 3.8) is 0 Å². The van der Waals surface area contributed by atoms with Crippen LogP contribution in [-0.2, 0) is 17.8 Å². The molecule has 1 aromatic carbocycles. The second-order valence-corrected chi connectivity index (χ2v) is 5.61. The van der Waals surface area contributed by atoms with E-state index in [1.54, 1.807) is 11.8 Å². The van der Waals surface area contributed by atoms with Crippen LogP contribution in [0.3, 0.4) is 0 Å². The fourth-order valence-electron chi connectivity index (χ4n) is 2.95. The van der Waals surface area contributed by atoms with Crippen molar-refractivity contribution in [3.8, 4) is 0 Å². The predicted octanol–water partition coefficient (Wildman–Crippen LogP) is 3.11. The second kappa shape index (κ2) is 5.51. The molecular formula is C16H17F2N3O. The molecule has 22 heavy (non-hydrogen) atoms. The van der Waals surface area contributed by atoms with E-state index in [4.69, 9.17) is 0 Å². The lowest BCUT2D eigenvalue weighted by atomic mass is 10.1. The molecule has 1 aromatic heterocycles. The zero-order chi connectivity index (χ0) is 15.9. The van der Waals surface area contributed by atoms with Crippen molar-refractivity contribution >= 4 is 11.6 Å². The lowest BCUT2D eigenvalue weighted by Gasteiger charge is -2.23. The molecule has 0 spiro atoms. The number of hydrogen-bond acceptors (Lipinski definition) is 2. The average Bonchev–Trinajstić information content (AvgIpc) is 2.98. The number of rotatable bonds is 3. The Morgan fingerprint density at radius 1 is 1.41 bits per heavy atom. The number of hydrogen-bond donors (Lipinski definition) is 0. The third-order valence-corrected chi connectivity index (χ3v) is 3.98. The molecule has 116 valence electrons. The lowest BCUT2D eigenvalue weighted by molar-refractivity contribution is -0.119. The van der Waals surface area contributed by atoms with E-state index in [0.29, 0.717) is 5.69 Å². The molecule has 0 radical (unpaired) electrons. The quantitative estimate of drug-likeness (QED) is 0.874. The van der Waals surface area contributed by atoms with Gasteiger partial charge in [0.2, 0.25) is 5.91 Å². The van der Waals surface area contributed by atoms with Crippen LogP contribution in [0.15, 0.2) is 30.3 Å². The Balaban J connectivity index is 1.83. The molecular weight excluding hydrogens is 288 g/mol. The van der Waals surface area contributed by atoms with Gasteiger partial charge in [-0.15, -0.1) is 0 Å². The Morgan fingerprint density at radius 3 is 2.82 bits per heavy atom. The minimum atomic E-state index is -2.62. The Morgan fingerprint density at radius 2 is 2.14 bits per heavy atom. The molecule has 1 aliphatic heterocycles. The number of carbonyl (C=O) groups excluding carboxylic acids is 1. The molecule has 0 saturated carbocycles. The number of fused-ring (bicyclic) bond motifs is 1. The average molecular weight is 305 g/mol. The molecule has 2 aromatic rings. The number of halogens is 2. The van der Waals surface area contributed by atoms with Crippen molar-refractivity contribution in [2.24, 2.45) is 0 Å². The summed E-state index contributed by atoms with van der Waals surface area (Å²) in [4.78, 5) is 14.3. The highest BCUT2D eigenvalue weighted by Crippen LogP contribution is 2.32. The van der Waals surface area contributed by atoms with Crippen LogP contribution < -0.4 is 4.90 Å². The van der Waals surface area contributed by atoms with Crippen molar-refractivity contribution in [2.45, 2.75) is 39.3 Å². The summed E-state index contributed by atoms with van der Waals surface area (Å²) in [6.07, 6.45) is -1.82. The second-order valence-electron chi connectivity index (χ2n) is 5.61. The van der Waals surface area contributed by atoms with Gasteiger partial charge in [-0.1, -0.05) is 18.2 Å². The van der Waals surface area contributed by atoms with Crippen molar-refractivity contribution in [1.82, 2.24) is 9.78 Å². The summed E-state index contributed by atoms with van der Waals surface area (Å²) in [6.45, 7) is 3.63. The minimum Gasteiger partial charge on any atom is -0.307 e. The molecule has 0 bridgehead atoms. The molecule has 4 nitrogen and oxygen atoms in total. The Hall–Kier alpha value is -2.24. The maximum Gasteiger partial charge on any atom is 0.282 e. The zero-order valence-electron chi connectivity index (χ0n) is 12.5. The molecule has 1 aliphatic rings. The SMILES string of the molecule is Cc1cc(C(F)F)nn1CC(=O)N1c2ccccc2C[C@@H]1C. The molecule has 6 heteroatoms. The minimum absolute atomic E-state index is 0.0305. The smallest absolute Gasteiger partial charge is 0.282 e. The van der Waals surface area contributed by atoms with Gasteiger partial charge in [0.1, 0.15) is 12.2 Å². The van der Waals surface area contributed by atoms with Crippen LogP contribution in [0.2, 0.25) is 0 Å². The van der Waals surface area contributed by atoms with Crippen LogP contribution in [0, 0.1) is 6.92 Å². The van der Waals surface area contributed by atoms with Gasteiger partial charge in [0.25, 0.3) is 6.43 Å². The van der Waals surface area contributed by atoms with Gasteiger partial charge < -0.3 is 4.90 Å². The van der Waals surface area contributed by atoms with Gasteiger partial charge in [-0.2, -0.15) is 5.10 Å². The number of aryl methyl sites for hydroxylation is 1. The van der Waals surface area contributed by atoms with Crippen molar-refractivity contribution < 1.29 is 13.6 Å². The van der Waals surface area contributed by atoms with Gasteiger partial charge in [-0.25, -0.2) is 8.78 Å². The number of amides is 1. The van der Waals surface area contributed by atoms with Gasteiger partial charge in [-0.3, -0.25) is 9.48 Å². The van der Waals surface area contributed by atoms with Gasteiger partial charge in [0, 0.05) is 17.4 Å². The predicted molar refractivity (Wildman–Crippen MR) is 79.0 cm³/mol. The summed E-state index contributed by atoms with van der Waals surface area (Å²) in [7, 11) is 0. The molecule has 0 fully saturated rings. The van der Waals surface area contributed by atoms with Crippen LogP contribution >= 0.6 is 0 Å². The summed E-state index contributed by atoms with van der Waals surface area (Å²) in [6, 6.07) is 9.15. The third kappa shape index (κ3) is 2.49. The molecule has 1 amide bonds. The highest BCUT2D eigenvalue weighted by molar-refractivity contribution is 5.96.